The fraction of sp³-hybridized carbons (Fsp3) is 0.222. The van der Waals surface area contributed by atoms with Gasteiger partial charge in [0.05, 0.1) is 0 Å². The molecule has 3 rings (SSSR count). The number of phenols is 1. The molecule has 1 amide bonds. The number of morpholine rings is 1. The molecule has 0 aromatic heterocycles. The Kier molecular flexibility index (Phi) is 4.28. The second kappa shape index (κ2) is 6.52. The van der Waals surface area contributed by atoms with E-state index in [1.807, 2.05) is 30.3 Å². The van der Waals surface area contributed by atoms with Crippen LogP contribution in [0.5, 0.6) is 5.75 Å². The zero-order valence-corrected chi connectivity index (χ0v) is 12.4. The molecule has 1 saturated heterocycles. The van der Waals surface area contributed by atoms with Crippen LogP contribution in [0.3, 0.4) is 0 Å². The van der Waals surface area contributed by atoms with Gasteiger partial charge >= 0.3 is 5.97 Å². The van der Waals surface area contributed by atoms with E-state index in [2.05, 4.69) is 5.32 Å². The molecule has 23 heavy (non-hydrogen) atoms. The smallest absolute Gasteiger partial charge is 0.329 e. The number of benzene rings is 2. The number of carbonyl (C=O) groups is 2. The van der Waals surface area contributed by atoms with Gasteiger partial charge in [0, 0.05) is 12.8 Å². The molecule has 2 N–H and O–H groups in total. The first kappa shape index (κ1) is 15.1. The first-order valence-electron chi connectivity index (χ1n) is 7.44. The van der Waals surface area contributed by atoms with E-state index in [0.29, 0.717) is 12.8 Å². The Labute approximate surface area is 133 Å². The van der Waals surface area contributed by atoms with Crippen LogP contribution in [0.2, 0.25) is 0 Å². The van der Waals surface area contributed by atoms with Crippen molar-refractivity contribution in [2.45, 2.75) is 25.0 Å². The summed E-state index contributed by atoms with van der Waals surface area (Å²) in [6.07, 6.45) is -0.0891. The van der Waals surface area contributed by atoms with Crippen molar-refractivity contribution in [2.75, 3.05) is 0 Å². The fourth-order valence-electron chi connectivity index (χ4n) is 2.56. The van der Waals surface area contributed by atoms with E-state index in [1.54, 1.807) is 24.3 Å². The topological polar surface area (TPSA) is 75.6 Å². The van der Waals surface area contributed by atoms with E-state index in [4.69, 9.17) is 4.74 Å². The summed E-state index contributed by atoms with van der Waals surface area (Å²) in [7, 11) is 0. The van der Waals surface area contributed by atoms with Gasteiger partial charge < -0.3 is 15.2 Å². The third-order valence-electron chi connectivity index (χ3n) is 3.79. The standard InChI is InChI=1S/C18H17NO4/c20-14-8-6-13(7-9-14)10-15-18(22)23-16(17(21)19-15)11-12-4-2-1-3-5-12/h1-9,15-16,20H,10-11H2,(H,19,21). The van der Waals surface area contributed by atoms with Crippen molar-refractivity contribution in [3.8, 4) is 5.75 Å². The van der Waals surface area contributed by atoms with Crippen molar-refractivity contribution in [1.29, 1.82) is 0 Å². The predicted octanol–water partition coefficient (Wildman–Crippen LogP) is 1.59. The lowest BCUT2D eigenvalue weighted by molar-refractivity contribution is -0.165. The van der Waals surface area contributed by atoms with Crippen LogP contribution in [-0.4, -0.2) is 29.1 Å². The molecule has 1 heterocycles. The molecule has 1 aliphatic rings. The van der Waals surface area contributed by atoms with Crippen molar-refractivity contribution in [2.24, 2.45) is 0 Å². The zero-order valence-electron chi connectivity index (χ0n) is 12.4. The largest absolute Gasteiger partial charge is 0.508 e. The summed E-state index contributed by atoms with van der Waals surface area (Å²) >= 11 is 0. The maximum absolute atomic E-state index is 12.2. The lowest BCUT2D eigenvalue weighted by Gasteiger charge is -2.28. The average Bonchev–Trinajstić information content (AvgIpc) is 2.55. The van der Waals surface area contributed by atoms with Crippen LogP contribution in [0.4, 0.5) is 0 Å². The van der Waals surface area contributed by atoms with Gasteiger partial charge in [0.2, 0.25) is 0 Å². The van der Waals surface area contributed by atoms with Crippen LogP contribution < -0.4 is 5.32 Å². The zero-order chi connectivity index (χ0) is 16.2. The second-order valence-corrected chi connectivity index (χ2v) is 5.55. The average molecular weight is 311 g/mol. The highest BCUT2D eigenvalue weighted by Crippen LogP contribution is 2.16. The lowest BCUT2D eigenvalue weighted by atomic mass is 10.0. The van der Waals surface area contributed by atoms with Crippen LogP contribution in [0.25, 0.3) is 0 Å². The molecule has 0 spiro atoms. The normalized spacial score (nSPS) is 20.7. The molecular formula is C18H17NO4. The minimum absolute atomic E-state index is 0.159. The van der Waals surface area contributed by atoms with E-state index in [0.717, 1.165) is 11.1 Å². The Hall–Kier alpha value is -2.82. The lowest BCUT2D eigenvalue weighted by Crippen LogP contribution is -2.55. The minimum atomic E-state index is -0.791. The molecule has 1 aliphatic heterocycles. The maximum Gasteiger partial charge on any atom is 0.329 e. The van der Waals surface area contributed by atoms with Gasteiger partial charge in [0.15, 0.2) is 6.10 Å². The number of amides is 1. The molecule has 5 nitrogen and oxygen atoms in total. The Balaban J connectivity index is 1.64. The summed E-state index contributed by atoms with van der Waals surface area (Å²) in [6, 6.07) is 15.3. The van der Waals surface area contributed by atoms with Crippen molar-refractivity contribution in [3.05, 3.63) is 65.7 Å². The molecule has 5 heteroatoms. The number of esters is 1. The van der Waals surface area contributed by atoms with Crippen LogP contribution in [0, 0.1) is 0 Å². The summed E-state index contributed by atoms with van der Waals surface area (Å²) in [6.45, 7) is 0. The highest BCUT2D eigenvalue weighted by Gasteiger charge is 2.35. The van der Waals surface area contributed by atoms with E-state index >= 15 is 0 Å². The SMILES string of the molecule is O=C1OC(Cc2ccccc2)C(=O)NC1Cc1ccc(O)cc1. The van der Waals surface area contributed by atoms with Crippen molar-refractivity contribution in [3.63, 3.8) is 0 Å². The third-order valence-corrected chi connectivity index (χ3v) is 3.79. The van der Waals surface area contributed by atoms with Gasteiger partial charge in [-0.3, -0.25) is 4.79 Å². The summed E-state index contributed by atoms with van der Waals surface area (Å²) < 4.78 is 5.31. The van der Waals surface area contributed by atoms with E-state index < -0.39 is 18.1 Å². The van der Waals surface area contributed by atoms with Gasteiger partial charge in [-0.15, -0.1) is 0 Å². The summed E-state index contributed by atoms with van der Waals surface area (Å²) in [5.74, 6) is -0.553. The van der Waals surface area contributed by atoms with Crippen LogP contribution in [-0.2, 0) is 27.2 Å². The number of nitrogens with one attached hydrogen (secondary N) is 1. The van der Waals surface area contributed by atoms with Gasteiger partial charge in [0.25, 0.3) is 5.91 Å². The Morgan fingerprint density at radius 1 is 0.913 bits per heavy atom. The van der Waals surface area contributed by atoms with Crippen LogP contribution in [0.1, 0.15) is 11.1 Å². The van der Waals surface area contributed by atoms with Gasteiger partial charge in [-0.2, -0.15) is 0 Å². The fourth-order valence-corrected chi connectivity index (χ4v) is 2.56. The van der Waals surface area contributed by atoms with Crippen molar-refractivity contribution in [1.82, 2.24) is 5.32 Å². The molecule has 118 valence electrons. The summed E-state index contributed by atoms with van der Waals surface area (Å²) in [5.41, 5.74) is 1.78. The quantitative estimate of drug-likeness (QED) is 0.841. The van der Waals surface area contributed by atoms with E-state index in [-0.39, 0.29) is 11.7 Å². The number of hydrogen-bond donors (Lipinski definition) is 2. The van der Waals surface area contributed by atoms with Crippen LogP contribution >= 0.6 is 0 Å². The minimum Gasteiger partial charge on any atom is -0.508 e. The number of cyclic esters (lactones) is 1. The third kappa shape index (κ3) is 3.69. The van der Waals surface area contributed by atoms with Crippen LogP contribution in [0.15, 0.2) is 54.6 Å². The first-order valence-corrected chi connectivity index (χ1v) is 7.44. The summed E-state index contributed by atoms with van der Waals surface area (Å²) in [5, 5.41) is 12.0. The monoisotopic (exact) mass is 311 g/mol. The van der Waals surface area contributed by atoms with Crippen molar-refractivity contribution >= 4 is 11.9 Å². The number of hydrogen-bond acceptors (Lipinski definition) is 4. The molecular weight excluding hydrogens is 294 g/mol. The van der Waals surface area contributed by atoms with Gasteiger partial charge in [0.1, 0.15) is 11.8 Å². The van der Waals surface area contributed by atoms with Gasteiger partial charge in [-0.1, -0.05) is 42.5 Å². The maximum atomic E-state index is 12.2. The summed E-state index contributed by atoms with van der Waals surface area (Å²) in [4.78, 5) is 24.3. The van der Waals surface area contributed by atoms with Gasteiger partial charge in [-0.05, 0) is 23.3 Å². The molecule has 0 saturated carbocycles. The Bertz CT molecular complexity index is 697. The molecule has 2 aromatic carbocycles. The second-order valence-electron chi connectivity index (χ2n) is 5.55. The molecule has 0 radical (unpaired) electrons. The predicted molar refractivity (Wildman–Crippen MR) is 83.8 cm³/mol. The number of rotatable bonds is 4. The molecule has 1 fully saturated rings. The van der Waals surface area contributed by atoms with E-state index in [9.17, 15) is 14.7 Å². The number of carbonyl (C=O) groups excluding carboxylic acids is 2. The number of ether oxygens (including phenoxy) is 1. The highest BCUT2D eigenvalue weighted by molar-refractivity contribution is 5.92. The molecule has 0 bridgehead atoms. The Morgan fingerprint density at radius 3 is 2.26 bits per heavy atom. The highest BCUT2D eigenvalue weighted by atomic mass is 16.6. The number of phenolic OH excluding ortho intramolecular Hbond substituents is 1. The molecule has 2 atom stereocenters. The molecule has 2 unspecified atom stereocenters. The number of aromatic hydroxyl groups is 1. The molecule has 2 aromatic rings. The first-order chi connectivity index (χ1) is 11.1. The Morgan fingerprint density at radius 2 is 1.57 bits per heavy atom. The van der Waals surface area contributed by atoms with E-state index in [1.165, 1.54) is 0 Å². The molecule has 0 aliphatic carbocycles. The van der Waals surface area contributed by atoms with Crippen molar-refractivity contribution < 1.29 is 19.4 Å². The van der Waals surface area contributed by atoms with Gasteiger partial charge in [-0.25, -0.2) is 4.79 Å².